The fourth-order valence-corrected chi connectivity index (χ4v) is 3.04. The van der Waals surface area contributed by atoms with Crippen LogP contribution in [0.3, 0.4) is 0 Å². The molecule has 7 nitrogen and oxygen atoms in total. The van der Waals surface area contributed by atoms with E-state index in [0.29, 0.717) is 18.0 Å². The largest absolute Gasteiger partial charge is 0.296 e. The Balaban J connectivity index is 0.000000190. The molecule has 3 aliphatic rings. The van der Waals surface area contributed by atoms with Crippen molar-refractivity contribution in [2.75, 3.05) is 13.2 Å². The molecule has 0 bridgehead atoms. The van der Waals surface area contributed by atoms with Crippen molar-refractivity contribution in [3.8, 4) is 0 Å². The van der Waals surface area contributed by atoms with Gasteiger partial charge in [0.15, 0.2) is 5.71 Å². The lowest BCUT2D eigenvalue weighted by Gasteiger charge is -2.14. The van der Waals surface area contributed by atoms with E-state index in [1.165, 1.54) is 50.7 Å². The molecule has 7 heteroatoms. The van der Waals surface area contributed by atoms with Gasteiger partial charge >= 0.3 is 0 Å². The molecule has 0 amide bonds. The molecule has 0 atom stereocenters. The van der Waals surface area contributed by atoms with Crippen molar-refractivity contribution in [2.45, 2.75) is 45.4 Å². The molecule has 0 saturated heterocycles. The average Bonchev–Trinajstić information content (AvgIpc) is 3.13. The van der Waals surface area contributed by atoms with Gasteiger partial charge in [0.2, 0.25) is 0 Å². The lowest BCUT2D eigenvalue weighted by Crippen LogP contribution is -2.28. The summed E-state index contributed by atoms with van der Waals surface area (Å²) >= 11 is 0. The van der Waals surface area contributed by atoms with Gasteiger partial charge in [0.1, 0.15) is 12.4 Å². The van der Waals surface area contributed by atoms with E-state index in [0.717, 1.165) is 5.06 Å². The zero-order valence-corrected chi connectivity index (χ0v) is 16.3. The first-order valence-corrected chi connectivity index (χ1v) is 9.78. The summed E-state index contributed by atoms with van der Waals surface area (Å²) in [5, 5.41) is 21.2. The van der Waals surface area contributed by atoms with Crippen LogP contribution in [0.25, 0.3) is 0 Å². The highest BCUT2D eigenvalue weighted by atomic mass is 16.6. The fraction of sp³-hybridized carbons (Fsp3) is 0.429. The Morgan fingerprint density at radius 1 is 1.04 bits per heavy atom. The maximum atomic E-state index is 10.8. The predicted molar refractivity (Wildman–Crippen MR) is 111 cm³/mol. The molecule has 0 spiro atoms. The number of nitrogens with zero attached hydrogens (tertiary/aromatic N) is 4. The molecule has 1 aliphatic heterocycles. The van der Waals surface area contributed by atoms with Crippen molar-refractivity contribution >= 4 is 11.4 Å². The summed E-state index contributed by atoms with van der Waals surface area (Å²) in [6, 6.07) is 12.0. The average molecular weight is 384 g/mol. The highest BCUT2D eigenvalue weighted by Crippen LogP contribution is 2.21. The molecule has 1 aromatic rings. The van der Waals surface area contributed by atoms with Crippen molar-refractivity contribution in [3.05, 3.63) is 70.1 Å². The summed E-state index contributed by atoms with van der Waals surface area (Å²) in [5.74, 6) is 0. The van der Waals surface area contributed by atoms with Crippen LogP contribution in [0.1, 0.15) is 45.4 Å². The molecule has 1 saturated carbocycles. The zero-order chi connectivity index (χ0) is 20.2. The third kappa shape index (κ3) is 6.42. The molecule has 150 valence electrons. The number of benzene rings is 1. The lowest BCUT2D eigenvalue weighted by atomic mass is 10.0. The Hall–Kier alpha value is -2.80. The summed E-state index contributed by atoms with van der Waals surface area (Å²) in [6.07, 6.45) is 11.8. The molecule has 2 aliphatic carbocycles. The molecule has 0 radical (unpaired) electrons. The van der Waals surface area contributed by atoms with Gasteiger partial charge in [0, 0.05) is 12.6 Å². The summed E-state index contributed by atoms with van der Waals surface area (Å²) in [7, 11) is 0. The van der Waals surface area contributed by atoms with Gasteiger partial charge in [-0.05, 0) is 13.0 Å². The number of allylic oxidation sites excluding steroid dienone is 4. The van der Waals surface area contributed by atoms with Crippen LogP contribution < -0.4 is 0 Å². The number of hydroxylamine groups is 2. The second-order valence-corrected chi connectivity index (χ2v) is 6.51. The third-order valence-electron chi connectivity index (χ3n) is 4.43. The standard InChI is InChI=1S/C9H10N4O3.C6H12.C6H6/c1-2-10-9-7(13(15)16)4-3-6-8(9)11-5-12(6)14;2*1-2-4-6-5-3-1/h3-4,14H,2,5H2,1H3;1-6H2;1-6H. The van der Waals surface area contributed by atoms with E-state index in [9.17, 15) is 15.3 Å². The monoisotopic (exact) mass is 384 g/mol. The highest BCUT2D eigenvalue weighted by molar-refractivity contribution is 6.54. The van der Waals surface area contributed by atoms with Gasteiger partial charge in [-0.15, -0.1) is 0 Å². The Bertz CT molecular complexity index is 712. The van der Waals surface area contributed by atoms with E-state index in [4.69, 9.17) is 0 Å². The molecule has 4 rings (SSSR count). The molecule has 0 aromatic heterocycles. The molecule has 1 aromatic carbocycles. The minimum absolute atomic E-state index is 0.0837. The van der Waals surface area contributed by atoms with Gasteiger partial charge in [0.05, 0.1) is 10.6 Å². The summed E-state index contributed by atoms with van der Waals surface area (Å²) in [4.78, 5) is 18.4. The second-order valence-electron chi connectivity index (χ2n) is 6.51. The van der Waals surface area contributed by atoms with Crippen LogP contribution in [0.15, 0.2) is 69.9 Å². The number of hydrogen-bond acceptors (Lipinski definition) is 6. The van der Waals surface area contributed by atoms with Crippen molar-refractivity contribution in [1.82, 2.24) is 5.06 Å². The van der Waals surface area contributed by atoms with E-state index < -0.39 is 4.92 Å². The van der Waals surface area contributed by atoms with E-state index in [2.05, 4.69) is 9.98 Å². The lowest BCUT2D eigenvalue weighted by molar-refractivity contribution is -0.414. The van der Waals surface area contributed by atoms with Crippen molar-refractivity contribution in [2.24, 2.45) is 9.98 Å². The quantitative estimate of drug-likeness (QED) is 0.457. The van der Waals surface area contributed by atoms with E-state index in [1.807, 2.05) is 36.4 Å². The van der Waals surface area contributed by atoms with Crippen LogP contribution in [0.2, 0.25) is 0 Å². The molecule has 0 unspecified atom stereocenters. The first-order chi connectivity index (χ1) is 13.6. The third-order valence-corrected chi connectivity index (χ3v) is 4.43. The zero-order valence-electron chi connectivity index (χ0n) is 16.3. The summed E-state index contributed by atoms with van der Waals surface area (Å²) in [5.41, 5.74) is 0.998. The first kappa shape index (κ1) is 21.5. The van der Waals surface area contributed by atoms with Crippen molar-refractivity contribution < 1.29 is 10.1 Å². The minimum Gasteiger partial charge on any atom is -0.287 e. The maximum absolute atomic E-state index is 10.8. The van der Waals surface area contributed by atoms with Crippen LogP contribution in [-0.2, 0) is 0 Å². The number of aliphatic imine (C=N–C) groups is 2. The van der Waals surface area contributed by atoms with E-state index in [-0.39, 0.29) is 18.1 Å². The molecule has 1 N–H and O–H groups in total. The summed E-state index contributed by atoms with van der Waals surface area (Å²) in [6.45, 7) is 2.30. The smallest absolute Gasteiger partial charge is 0.287 e. The van der Waals surface area contributed by atoms with Crippen molar-refractivity contribution in [1.29, 1.82) is 0 Å². The van der Waals surface area contributed by atoms with Crippen LogP contribution in [0.4, 0.5) is 0 Å². The number of rotatable bonds is 2. The molecular formula is C21H28N4O3. The van der Waals surface area contributed by atoms with Crippen LogP contribution in [0.5, 0.6) is 0 Å². The van der Waals surface area contributed by atoms with Gasteiger partial charge in [-0.2, -0.15) is 0 Å². The number of hydrogen-bond donors (Lipinski definition) is 1. The highest BCUT2D eigenvalue weighted by Gasteiger charge is 2.34. The molecule has 1 heterocycles. The Labute approximate surface area is 165 Å². The molecule has 1 fully saturated rings. The van der Waals surface area contributed by atoms with E-state index >= 15 is 0 Å². The fourth-order valence-electron chi connectivity index (χ4n) is 3.04. The number of nitro groups is 1. The van der Waals surface area contributed by atoms with E-state index in [1.54, 1.807) is 6.92 Å². The molecular weight excluding hydrogens is 356 g/mol. The SMILES string of the molecule is C1CCCCC1.CCN=C1C([N+](=O)[O-])=CC=C2C1=NCN2O.c1ccccc1. The normalized spacial score (nSPS) is 19.1. The topological polar surface area (TPSA) is 91.3 Å². The number of fused-ring (bicyclic) bond motifs is 1. The Morgan fingerprint density at radius 3 is 1.96 bits per heavy atom. The second kappa shape index (κ2) is 11.8. The van der Waals surface area contributed by atoms with Crippen LogP contribution >= 0.6 is 0 Å². The van der Waals surface area contributed by atoms with Crippen LogP contribution in [0, 0.1) is 10.1 Å². The Kier molecular flexibility index (Phi) is 9.07. The minimum atomic E-state index is -0.496. The van der Waals surface area contributed by atoms with Gasteiger partial charge < -0.3 is 0 Å². The van der Waals surface area contributed by atoms with Gasteiger partial charge in [-0.25, -0.2) is 5.06 Å². The van der Waals surface area contributed by atoms with Gasteiger partial charge in [0.25, 0.3) is 5.70 Å². The molecule has 28 heavy (non-hydrogen) atoms. The van der Waals surface area contributed by atoms with Crippen LogP contribution in [-0.4, -0.2) is 39.8 Å². The maximum Gasteiger partial charge on any atom is 0.296 e. The first-order valence-electron chi connectivity index (χ1n) is 9.78. The summed E-state index contributed by atoms with van der Waals surface area (Å²) < 4.78 is 0. The van der Waals surface area contributed by atoms with Gasteiger partial charge in [-0.3, -0.25) is 25.3 Å². The predicted octanol–water partition coefficient (Wildman–Crippen LogP) is 4.64. The van der Waals surface area contributed by atoms with Gasteiger partial charge in [-0.1, -0.05) is 74.9 Å². The Morgan fingerprint density at radius 2 is 1.54 bits per heavy atom. The van der Waals surface area contributed by atoms with Crippen molar-refractivity contribution in [3.63, 3.8) is 0 Å².